The van der Waals surface area contributed by atoms with Crippen LogP contribution in [0.15, 0.2) is 36.4 Å². The first-order valence-corrected chi connectivity index (χ1v) is 6.28. The van der Waals surface area contributed by atoms with Gasteiger partial charge in [0.2, 0.25) is 0 Å². The maximum atomic E-state index is 13.1. The Hall–Kier alpha value is -2.47. The lowest BCUT2D eigenvalue weighted by Gasteiger charge is -2.11. The first kappa shape index (κ1) is 14.9. The van der Waals surface area contributed by atoms with Crippen molar-refractivity contribution in [1.82, 2.24) is 0 Å². The number of benzene rings is 2. The van der Waals surface area contributed by atoms with Gasteiger partial charge in [-0.05, 0) is 30.7 Å². The molecule has 0 saturated carbocycles. The van der Waals surface area contributed by atoms with E-state index in [9.17, 15) is 19.6 Å². The number of aliphatic hydroxyl groups is 1. The van der Waals surface area contributed by atoms with E-state index in [0.29, 0.717) is 22.4 Å². The van der Waals surface area contributed by atoms with Crippen LogP contribution in [0.4, 0.5) is 10.1 Å². The fourth-order valence-corrected chi connectivity index (χ4v) is 1.99. The number of ether oxygens (including phenoxy) is 1. The monoisotopic (exact) mass is 291 g/mol. The maximum Gasteiger partial charge on any atom is 0.272 e. The zero-order valence-electron chi connectivity index (χ0n) is 11.4. The molecule has 2 aromatic carbocycles. The van der Waals surface area contributed by atoms with Crippen molar-refractivity contribution < 1.29 is 19.2 Å². The molecule has 0 aliphatic rings. The van der Waals surface area contributed by atoms with Crippen LogP contribution in [0.25, 0.3) is 0 Å². The molecule has 0 aromatic heterocycles. The van der Waals surface area contributed by atoms with Gasteiger partial charge in [0.25, 0.3) is 5.69 Å². The lowest BCUT2D eigenvalue weighted by Crippen LogP contribution is -2.03. The van der Waals surface area contributed by atoms with E-state index in [1.165, 1.54) is 24.3 Å². The highest BCUT2D eigenvalue weighted by Gasteiger charge is 2.14. The van der Waals surface area contributed by atoms with Gasteiger partial charge in [0.15, 0.2) is 0 Å². The topological polar surface area (TPSA) is 72.6 Å². The number of halogens is 1. The molecule has 2 rings (SSSR count). The zero-order valence-corrected chi connectivity index (χ0v) is 11.4. The Bertz CT molecular complexity index is 673. The number of rotatable bonds is 5. The normalized spacial score (nSPS) is 10.4. The third-order valence-electron chi connectivity index (χ3n) is 3.19. The molecule has 0 spiro atoms. The van der Waals surface area contributed by atoms with Crippen molar-refractivity contribution in [2.45, 2.75) is 20.1 Å². The average Bonchev–Trinajstić information content (AvgIpc) is 2.46. The molecule has 5 nitrogen and oxygen atoms in total. The van der Waals surface area contributed by atoms with Crippen LogP contribution in [0, 0.1) is 22.9 Å². The molecule has 0 unspecified atom stereocenters. The summed E-state index contributed by atoms with van der Waals surface area (Å²) in [5, 5.41) is 20.1. The van der Waals surface area contributed by atoms with Crippen LogP contribution in [-0.4, -0.2) is 10.0 Å². The number of hydrogen-bond acceptors (Lipinski definition) is 4. The predicted molar refractivity (Wildman–Crippen MR) is 74.5 cm³/mol. The molecule has 21 heavy (non-hydrogen) atoms. The minimum absolute atomic E-state index is 0.0255. The smallest absolute Gasteiger partial charge is 0.272 e. The number of nitro groups is 1. The van der Waals surface area contributed by atoms with E-state index in [0.717, 1.165) is 0 Å². The van der Waals surface area contributed by atoms with E-state index in [1.807, 2.05) is 0 Å². The van der Waals surface area contributed by atoms with Crippen molar-refractivity contribution in [3.63, 3.8) is 0 Å². The van der Waals surface area contributed by atoms with Crippen LogP contribution in [0.5, 0.6) is 5.75 Å². The highest BCUT2D eigenvalue weighted by molar-refractivity contribution is 5.44. The second-order valence-corrected chi connectivity index (χ2v) is 4.52. The van der Waals surface area contributed by atoms with Gasteiger partial charge in [-0.2, -0.15) is 0 Å². The molecule has 2 aromatic rings. The minimum atomic E-state index is -0.460. The van der Waals surface area contributed by atoms with E-state index < -0.39 is 10.7 Å². The summed E-state index contributed by atoms with van der Waals surface area (Å²) in [6.07, 6.45) is 0. The second kappa shape index (κ2) is 6.32. The van der Waals surface area contributed by atoms with Gasteiger partial charge >= 0.3 is 0 Å². The molecule has 0 saturated heterocycles. The van der Waals surface area contributed by atoms with Crippen molar-refractivity contribution >= 4 is 5.69 Å². The van der Waals surface area contributed by atoms with Gasteiger partial charge in [0.1, 0.15) is 18.2 Å². The Morgan fingerprint density at radius 3 is 2.71 bits per heavy atom. The molecule has 0 heterocycles. The number of nitrogens with zero attached hydrogens (tertiary/aromatic N) is 1. The van der Waals surface area contributed by atoms with Gasteiger partial charge in [-0.3, -0.25) is 10.1 Å². The molecule has 0 fully saturated rings. The van der Waals surface area contributed by atoms with E-state index >= 15 is 0 Å². The average molecular weight is 291 g/mol. The summed E-state index contributed by atoms with van der Waals surface area (Å²) in [5.74, 6) is -0.109. The summed E-state index contributed by atoms with van der Waals surface area (Å²) in [7, 11) is 0. The van der Waals surface area contributed by atoms with Crippen LogP contribution >= 0.6 is 0 Å². The molecule has 1 N–H and O–H groups in total. The van der Waals surface area contributed by atoms with Crippen molar-refractivity contribution in [2.75, 3.05) is 0 Å². The maximum absolute atomic E-state index is 13.1. The Morgan fingerprint density at radius 2 is 2.05 bits per heavy atom. The standard InChI is InChI=1S/C15H14FNO4/c1-10-11(3-2-4-14(10)17(19)20)9-21-15-6-5-13(16)7-12(15)8-18/h2-7,18H,8-9H2,1H3. The number of aliphatic hydroxyl groups excluding tert-OH is 1. The number of hydrogen-bond donors (Lipinski definition) is 1. The molecule has 110 valence electrons. The van der Waals surface area contributed by atoms with Crippen LogP contribution in [-0.2, 0) is 13.2 Å². The quantitative estimate of drug-likeness (QED) is 0.678. The summed E-state index contributed by atoms with van der Waals surface area (Å²) in [6.45, 7) is 1.40. The van der Waals surface area contributed by atoms with E-state index in [-0.39, 0.29) is 18.9 Å². The lowest BCUT2D eigenvalue weighted by atomic mass is 10.1. The fraction of sp³-hybridized carbons (Fsp3) is 0.200. The molecule has 0 atom stereocenters. The van der Waals surface area contributed by atoms with E-state index in [1.54, 1.807) is 19.1 Å². The Kier molecular flexibility index (Phi) is 4.49. The molecular formula is C15H14FNO4. The number of nitro benzene ring substituents is 1. The SMILES string of the molecule is Cc1c(COc2ccc(F)cc2CO)cccc1[N+](=O)[O-]. The third-order valence-corrected chi connectivity index (χ3v) is 3.19. The molecule has 0 aliphatic carbocycles. The zero-order chi connectivity index (χ0) is 15.4. The predicted octanol–water partition coefficient (Wildman–Crippen LogP) is 3.11. The fourth-order valence-electron chi connectivity index (χ4n) is 1.99. The van der Waals surface area contributed by atoms with Gasteiger partial charge in [0.05, 0.1) is 11.5 Å². The summed E-state index contributed by atoms with van der Waals surface area (Å²) in [6, 6.07) is 8.58. The van der Waals surface area contributed by atoms with Gasteiger partial charge in [-0.15, -0.1) is 0 Å². The molecule has 6 heteroatoms. The molecular weight excluding hydrogens is 277 g/mol. The lowest BCUT2D eigenvalue weighted by molar-refractivity contribution is -0.385. The van der Waals surface area contributed by atoms with Gasteiger partial charge in [-0.25, -0.2) is 4.39 Å². The Morgan fingerprint density at radius 1 is 1.29 bits per heavy atom. The largest absolute Gasteiger partial charge is 0.489 e. The highest BCUT2D eigenvalue weighted by Crippen LogP contribution is 2.24. The van der Waals surface area contributed by atoms with E-state index in [4.69, 9.17) is 4.74 Å². The molecule has 0 radical (unpaired) electrons. The summed E-state index contributed by atoms with van der Waals surface area (Å²) >= 11 is 0. The van der Waals surface area contributed by atoms with Gasteiger partial charge in [-0.1, -0.05) is 12.1 Å². The van der Waals surface area contributed by atoms with Crippen molar-refractivity contribution in [2.24, 2.45) is 0 Å². The van der Waals surface area contributed by atoms with Crippen LogP contribution < -0.4 is 4.74 Å². The van der Waals surface area contributed by atoms with Gasteiger partial charge in [0, 0.05) is 17.2 Å². The van der Waals surface area contributed by atoms with Crippen molar-refractivity contribution in [3.05, 3.63) is 69.0 Å². The Labute approximate surface area is 120 Å². The first-order valence-electron chi connectivity index (χ1n) is 6.28. The molecule has 0 bridgehead atoms. The molecule has 0 aliphatic heterocycles. The van der Waals surface area contributed by atoms with Crippen LogP contribution in [0.1, 0.15) is 16.7 Å². The van der Waals surface area contributed by atoms with Crippen molar-refractivity contribution in [3.8, 4) is 5.75 Å². The summed E-state index contributed by atoms with van der Waals surface area (Å²) in [5.41, 5.74) is 1.54. The minimum Gasteiger partial charge on any atom is -0.489 e. The first-order chi connectivity index (χ1) is 10.0. The van der Waals surface area contributed by atoms with Crippen LogP contribution in [0.2, 0.25) is 0 Å². The third kappa shape index (κ3) is 3.35. The summed E-state index contributed by atoms with van der Waals surface area (Å²) in [4.78, 5) is 10.4. The Balaban J connectivity index is 2.21. The molecule has 0 amide bonds. The second-order valence-electron chi connectivity index (χ2n) is 4.52. The van der Waals surface area contributed by atoms with Gasteiger partial charge < -0.3 is 9.84 Å². The van der Waals surface area contributed by atoms with Crippen LogP contribution in [0.3, 0.4) is 0 Å². The van der Waals surface area contributed by atoms with E-state index in [2.05, 4.69) is 0 Å². The van der Waals surface area contributed by atoms with Crippen molar-refractivity contribution in [1.29, 1.82) is 0 Å². The summed E-state index contributed by atoms with van der Waals surface area (Å²) < 4.78 is 18.6. The highest BCUT2D eigenvalue weighted by atomic mass is 19.1.